The van der Waals surface area contributed by atoms with Crippen LogP contribution in [0.5, 0.6) is 0 Å². The topological polar surface area (TPSA) is 0 Å². The molecule has 8 heteroatoms. The fourth-order valence-corrected chi connectivity index (χ4v) is 176. The summed E-state index contributed by atoms with van der Waals surface area (Å²) in [6.07, 6.45) is -3.36. The maximum Gasteiger partial charge on any atom is 0.162 e. The van der Waals surface area contributed by atoms with Crippen molar-refractivity contribution in [3.63, 3.8) is 0 Å². The fraction of sp³-hybridized carbons (Fsp3) is 1.00. The van der Waals surface area contributed by atoms with Crippen LogP contribution in [0, 0.1) is 0 Å². The van der Waals surface area contributed by atoms with Gasteiger partial charge >= 0.3 is 0 Å². The first-order valence-electron chi connectivity index (χ1n) is 5.05. The van der Waals surface area contributed by atoms with Gasteiger partial charge in [0.15, 0.2) is 25.5 Å². The monoisotopic (exact) mass is 328 g/mol. The first kappa shape index (κ1) is 11.4. The molecule has 4 saturated heterocycles. The molecular formula is C6H16S4Si4. The van der Waals surface area contributed by atoms with Crippen molar-refractivity contribution in [2.45, 2.75) is 37.5 Å². The van der Waals surface area contributed by atoms with Crippen molar-refractivity contribution >= 4 is 68.1 Å². The van der Waals surface area contributed by atoms with E-state index in [4.69, 9.17) is 0 Å². The van der Waals surface area contributed by atoms with E-state index in [0.717, 1.165) is 0 Å². The van der Waals surface area contributed by atoms with Crippen LogP contribution < -0.4 is 0 Å². The molecule has 4 aliphatic heterocycles. The molecule has 0 spiro atoms. The molecule has 0 radical (unpaired) electrons. The Bertz CT molecular complexity index is 215. The van der Waals surface area contributed by atoms with Crippen molar-refractivity contribution in [3.8, 4) is 0 Å². The minimum absolute atomic E-state index is 0.840. The van der Waals surface area contributed by atoms with Crippen LogP contribution >= 0.6 is 42.6 Å². The van der Waals surface area contributed by atoms with Crippen LogP contribution in [0.3, 0.4) is 0 Å². The van der Waals surface area contributed by atoms with E-state index in [1.54, 1.807) is 11.3 Å². The van der Waals surface area contributed by atoms with Gasteiger partial charge in [0.25, 0.3) is 0 Å². The van der Waals surface area contributed by atoms with E-state index < -0.39 is 25.5 Å². The van der Waals surface area contributed by atoms with Crippen molar-refractivity contribution in [2.24, 2.45) is 0 Å². The smallest absolute Gasteiger partial charge is 0.162 e. The van der Waals surface area contributed by atoms with Gasteiger partial charge in [0.05, 0.1) is 0 Å². The third-order valence-corrected chi connectivity index (χ3v) is 86.6. The lowest BCUT2D eigenvalue weighted by atomic mass is 11.8. The zero-order chi connectivity index (χ0) is 10.2. The van der Waals surface area contributed by atoms with Gasteiger partial charge in [-0.1, -0.05) is 26.2 Å². The Kier molecular flexibility index (Phi) is 2.42. The van der Waals surface area contributed by atoms with E-state index in [-0.39, 0.29) is 0 Å². The summed E-state index contributed by atoms with van der Waals surface area (Å²) < 4.78 is 0. The minimum atomic E-state index is -0.840. The van der Waals surface area contributed by atoms with E-state index in [1.807, 2.05) is 0 Å². The highest BCUT2D eigenvalue weighted by molar-refractivity contribution is 9.03. The van der Waals surface area contributed by atoms with Crippen LogP contribution in [-0.2, 0) is 0 Å². The summed E-state index contributed by atoms with van der Waals surface area (Å²) in [6, 6.07) is 0. The Hall–Kier alpha value is 2.27. The van der Waals surface area contributed by atoms with Gasteiger partial charge in [-0.2, -0.15) is 42.6 Å². The van der Waals surface area contributed by atoms with Crippen LogP contribution in [0.25, 0.3) is 0 Å². The second kappa shape index (κ2) is 2.98. The predicted molar refractivity (Wildman–Crippen MR) is 86.5 cm³/mol. The summed E-state index contributed by atoms with van der Waals surface area (Å²) in [5.74, 6) is 0. The summed E-state index contributed by atoms with van der Waals surface area (Å²) in [5, 5.41) is 0. The molecule has 0 unspecified atom stereocenters. The standard InChI is InChI=1S/C6H16S4Si4/c1-11-5-12(2)9-13(3,7-11)6-14(4,8-11)10-12/h5-6H2,1-4H3. The Morgan fingerprint density at radius 3 is 1.00 bits per heavy atom. The van der Waals surface area contributed by atoms with Crippen LogP contribution in [0.2, 0.25) is 37.5 Å². The SMILES string of the molecule is C[Si]12C[Si]3(C)S[Si](C)(C[Si](C)(S1)S3)S2. The van der Waals surface area contributed by atoms with Gasteiger partial charge in [0, 0.05) is 0 Å². The minimum Gasteiger partial charge on any atom is -0.184 e. The maximum absolute atomic E-state index is 2.70. The molecule has 4 rings (SSSR count). The van der Waals surface area contributed by atoms with E-state index in [1.165, 1.54) is 0 Å². The molecule has 4 aliphatic rings. The van der Waals surface area contributed by atoms with Gasteiger partial charge in [-0.3, -0.25) is 0 Å². The normalized spacial score (nSPS) is 66.0. The van der Waals surface area contributed by atoms with Gasteiger partial charge in [0.1, 0.15) is 0 Å². The Morgan fingerprint density at radius 1 is 0.571 bits per heavy atom. The average molecular weight is 329 g/mol. The lowest BCUT2D eigenvalue weighted by molar-refractivity contribution is 1.78. The molecule has 4 fully saturated rings. The van der Waals surface area contributed by atoms with Gasteiger partial charge in [-0.15, -0.1) is 0 Å². The quantitative estimate of drug-likeness (QED) is 0.607. The molecule has 0 N–H and O–H groups in total. The second-order valence-corrected chi connectivity index (χ2v) is 52.5. The molecule has 4 heterocycles. The highest BCUT2D eigenvalue weighted by atomic mass is 32.9. The van der Waals surface area contributed by atoms with Crippen LogP contribution in [0.4, 0.5) is 0 Å². The fourth-order valence-electron chi connectivity index (χ4n) is 3.37. The largest absolute Gasteiger partial charge is 0.184 e. The van der Waals surface area contributed by atoms with Gasteiger partial charge in [-0.25, -0.2) is 0 Å². The zero-order valence-electron chi connectivity index (χ0n) is 9.05. The summed E-state index contributed by atoms with van der Waals surface area (Å²) in [6.45, 7) is 10.8. The van der Waals surface area contributed by atoms with Crippen LogP contribution in [-0.4, -0.2) is 25.5 Å². The van der Waals surface area contributed by atoms with Gasteiger partial charge in [-0.05, 0) is 11.3 Å². The Balaban J connectivity index is 2.08. The molecule has 4 bridgehead atoms. The third-order valence-electron chi connectivity index (χ3n) is 3.01. The third kappa shape index (κ3) is 1.72. The van der Waals surface area contributed by atoms with Crippen molar-refractivity contribution in [1.29, 1.82) is 0 Å². The average Bonchev–Trinajstić information content (AvgIpc) is 1.67. The molecule has 0 saturated carbocycles. The molecule has 0 aromatic rings. The Morgan fingerprint density at radius 2 is 0.786 bits per heavy atom. The second-order valence-electron chi connectivity index (χ2n) is 5.30. The molecule has 14 heavy (non-hydrogen) atoms. The molecule has 0 nitrogen and oxygen atoms in total. The Labute approximate surface area is 105 Å². The molecule has 0 aliphatic carbocycles. The van der Waals surface area contributed by atoms with Crippen molar-refractivity contribution in [1.82, 2.24) is 0 Å². The lowest BCUT2D eigenvalue weighted by Crippen LogP contribution is -2.64. The van der Waals surface area contributed by atoms with E-state index >= 15 is 0 Å². The summed E-state index contributed by atoms with van der Waals surface area (Å²) in [7, 11) is 10.3. The highest BCUT2D eigenvalue weighted by Gasteiger charge is 2.68. The predicted octanol–water partition coefficient (Wildman–Crippen LogP) is 4.33. The summed E-state index contributed by atoms with van der Waals surface area (Å²) >= 11 is 0. The molecule has 80 valence electrons. The highest BCUT2D eigenvalue weighted by Crippen LogP contribution is 2.74. The van der Waals surface area contributed by atoms with Crippen LogP contribution in [0.15, 0.2) is 0 Å². The first-order chi connectivity index (χ1) is 6.24. The van der Waals surface area contributed by atoms with Crippen molar-refractivity contribution < 1.29 is 0 Å². The van der Waals surface area contributed by atoms with Crippen molar-refractivity contribution in [3.05, 3.63) is 0 Å². The number of rotatable bonds is 0. The number of hydrogen-bond donors (Lipinski definition) is 0. The van der Waals surface area contributed by atoms with Gasteiger partial charge in [0.2, 0.25) is 0 Å². The molecule has 0 amide bonds. The summed E-state index contributed by atoms with van der Waals surface area (Å²) in [4.78, 5) is 0. The zero-order valence-corrected chi connectivity index (χ0v) is 16.3. The van der Waals surface area contributed by atoms with Crippen molar-refractivity contribution in [2.75, 3.05) is 0 Å². The molecule has 0 atom stereocenters. The lowest BCUT2D eigenvalue weighted by Gasteiger charge is -2.63. The van der Waals surface area contributed by atoms with E-state index in [9.17, 15) is 0 Å². The molecule has 0 aromatic carbocycles. The van der Waals surface area contributed by atoms with E-state index in [2.05, 4.69) is 68.8 Å². The molecular weight excluding hydrogens is 313 g/mol. The van der Waals surface area contributed by atoms with E-state index in [0.29, 0.717) is 0 Å². The number of hydrogen-bond acceptors (Lipinski definition) is 4. The van der Waals surface area contributed by atoms with Gasteiger partial charge < -0.3 is 0 Å². The summed E-state index contributed by atoms with van der Waals surface area (Å²) in [5.41, 5.74) is 3.41. The molecule has 0 aromatic heterocycles. The first-order valence-corrected chi connectivity index (χ1v) is 24.9. The maximum atomic E-state index is 2.70. The van der Waals surface area contributed by atoms with Crippen LogP contribution in [0.1, 0.15) is 0 Å².